The minimum Gasteiger partial charge on any atom is -0.368 e. The van der Waals surface area contributed by atoms with Gasteiger partial charge in [0.25, 0.3) is 0 Å². The van der Waals surface area contributed by atoms with Crippen molar-refractivity contribution in [1.29, 1.82) is 5.26 Å². The molecule has 0 saturated heterocycles. The summed E-state index contributed by atoms with van der Waals surface area (Å²) in [6, 6.07) is 3.44. The summed E-state index contributed by atoms with van der Waals surface area (Å²) in [5, 5.41) is 11.2. The van der Waals surface area contributed by atoms with E-state index in [1.54, 1.807) is 13.0 Å². The van der Waals surface area contributed by atoms with Crippen LogP contribution in [-0.2, 0) is 4.79 Å². The number of primary amides is 1. The smallest absolute Gasteiger partial charge is 0.236 e. The zero-order valence-electron chi connectivity index (χ0n) is 7.61. The third-order valence-corrected chi connectivity index (χ3v) is 1.39. The predicted molar refractivity (Wildman–Crippen MR) is 49.2 cm³/mol. The maximum Gasteiger partial charge on any atom is 0.236 e. The quantitative estimate of drug-likeness (QED) is 0.673. The Balaban J connectivity index is 2.82. The molecule has 1 aromatic heterocycles. The molecule has 6 heteroatoms. The topological polar surface area (TPSA) is 105 Å². The largest absolute Gasteiger partial charge is 0.368 e. The van der Waals surface area contributed by atoms with E-state index in [-0.39, 0.29) is 18.2 Å². The van der Waals surface area contributed by atoms with Gasteiger partial charge < -0.3 is 11.1 Å². The lowest BCUT2D eigenvalue weighted by Gasteiger charge is -2.02. The molecular weight excluding hydrogens is 182 g/mol. The van der Waals surface area contributed by atoms with E-state index >= 15 is 0 Å². The molecule has 0 unspecified atom stereocenters. The lowest BCUT2D eigenvalue weighted by atomic mass is 10.3. The van der Waals surface area contributed by atoms with Crippen LogP contribution in [0.4, 0.5) is 5.95 Å². The molecule has 0 saturated carbocycles. The first kappa shape index (κ1) is 9.92. The molecule has 0 fully saturated rings. The molecule has 1 heterocycles. The highest BCUT2D eigenvalue weighted by Crippen LogP contribution is 2.02. The van der Waals surface area contributed by atoms with E-state index in [0.717, 1.165) is 0 Å². The summed E-state index contributed by atoms with van der Waals surface area (Å²) in [7, 11) is 0. The minimum atomic E-state index is -0.506. The minimum absolute atomic E-state index is 0.0473. The summed E-state index contributed by atoms with van der Waals surface area (Å²) < 4.78 is 0. The van der Waals surface area contributed by atoms with Crippen LogP contribution in [0.3, 0.4) is 0 Å². The van der Waals surface area contributed by atoms with Crippen molar-refractivity contribution in [2.24, 2.45) is 5.73 Å². The fourth-order valence-electron chi connectivity index (χ4n) is 0.871. The Morgan fingerprint density at radius 2 is 2.43 bits per heavy atom. The number of nitrogens with one attached hydrogen (secondary N) is 1. The van der Waals surface area contributed by atoms with Gasteiger partial charge in [-0.3, -0.25) is 4.79 Å². The molecule has 3 N–H and O–H groups in total. The second kappa shape index (κ2) is 4.18. The van der Waals surface area contributed by atoms with Crippen molar-refractivity contribution >= 4 is 11.9 Å². The van der Waals surface area contributed by atoms with Crippen molar-refractivity contribution in [2.45, 2.75) is 6.92 Å². The first-order chi connectivity index (χ1) is 6.61. The average Bonchev–Trinajstić information content (AvgIpc) is 2.14. The Bertz CT molecular complexity index is 395. The van der Waals surface area contributed by atoms with E-state index in [1.807, 2.05) is 6.07 Å². The van der Waals surface area contributed by atoms with Gasteiger partial charge in [-0.05, 0) is 13.0 Å². The van der Waals surface area contributed by atoms with Crippen molar-refractivity contribution in [3.63, 3.8) is 0 Å². The van der Waals surface area contributed by atoms with Crippen LogP contribution in [0.5, 0.6) is 0 Å². The normalized spacial score (nSPS) is 9.14. The van der Waals surface area contributed by atoms with Gasteiger partial charge in [-0.25, -0.2) is 9.97 Å². The van der Waals surface area contributed by atoms with Gasteiger partial charge in [0.15, 0.2) is 0 Å². The molecule has 0 aliphatic rings. The number of nitrogens with two attached hydrogens (primary N) is 1. The van der Waals surface area contributed by atoms with E-state index in [1.165, 1.54) is 0 Å². The molecule has 0 aliphatic heterocycles. The third kappa shape index (κ3) is 2.71. The fraction of sp³-hybridized carbons (Fsp3) is 0.250. The van der Waals surface area contributed by atoms with Gasteiger partial charge in [-0.2, -0.15) is 5.26 Å². The number of carbonyl (C=O) groups is 1. The van der Waals surface area contributed by atoms with Gasteiger partial charge in [-0.1, -0.05) is 0 Å². The molecule has 14 heavy (non-hydrogen) atoms. The molecule has 1 amide bonds. The van der Waals surface area contributed by atoms with Crippen LogP contribution in [0.15, 0.2) is 6.07 Å². The van der Waals surface area contributed by atoms with Crippen LogP contribution < -0.4 is 11.1 Å². The number of carbonyl (C=O) groups excluding carboxylic acids is 1. The summed E-state index contributed by atoms with van der Waals surface area (Å²) >= 11 is 0. The molecule has 0 aliphatic carbocycles. The predicted octanol–water partition coefficient (Wildman–Crippen LogP) is -0.446. The Morgan fingerprint density at radius 3 is 3.00 bits per heavy atom. The average molecular weight is 191 g/mol. The molecule has 0 atom stereocenters. The van der Waals surface area contributed by atoms with Crippen molar-refractivity contribution in [3.05, 3.63) is 17.5 Å². The summed E-state index contributed by atoms with van der Waals surface area (Å²) in [4.78, 5) is 18.3. The van der Waals surface area contributed by atoms with Crippen molar-refractivity contribution in [2.75, 3.05) is 11.9 Å². The molecule has 1 rings (SSSR count). The Kier molecular flexibility index (Phi) is 2.97. The zero-order chi connectivity index (χ0) is 10.6. The van der Waals surface area contributed by atoms with Crippen LogP contribution in [0.1, 0.15) is 11.4 Å². The second-order valence-electron chi connectivity index (χ2n) is 2.65. The maximum absolute atomic E-state index is 10.5. The first-order valence-electron chi connectivity index (χ1n) is 3.90. The molecule has 0 radical (unpaired) electrons. The second-order valence-corrected chi connectivity index (χ2v) is 2.65. The molecule has 72 valence electrons. The van der Waals surface area contributed by atoms with Gasteiger partial charge in [-0.15, -0.1) is 0 Å². The number of aromatic nitrogens is 2. The van der Waals surface area contributed by atoms with Gasteiger partial charge in [0.1, 0.15) is 11.8 Å². The number of rotatable bonds is 3. The van der Waals surface area contributed by atoms with E-state index in [4.69, 9.17) is 11.0 Å². The summed E-state index contributed by atoms with van der Waals surface area (Å²) in [6.07, 6.45) is 0. The standard InChI is InChI=1S/C8H9N5O/c1-5-2-6(3-9)13-8(12-5)11-4-7(10)14/h2H,4H2,1H3,(H2,10,14)(H,11,12,13). The maximum atomic E-state index is 10.5. The highest BCUT2D eigenvalue weighted by molar-refractivity contribution is 5.78. The lowest BCUT2D eigenvalue weighted by molar-refractivity contribution is -0.116. The van der Waals surface area contributed by atoms with Gasteiger partial charge in [0.2, 0.25) is 11.9 Å². The lowest BCUT2D eigenvalue weighted by Crippen LogP contribution is -2.22. The third-order valence-electron chi connectivity index (χ3n) is 1.39. The number of amides is 1. The molecule has 0 bridgehead atoms. The van der Waals surface area contributed by atoms with Crippen LogP contribution in [0.2, 0.25) is 0 Å². The van der Waals surface area contributed by atoms with E-state index in [2.05, 4.69) is 15.3 Å². The number of hydrogen-bond acceptors (Lipinski definition) is 5. The highest BCUT2D eigenvalue weighted by Gasteiger charge is 2.01. The Hall–Kier alpha value is -2.16. The van der Waals surface area contributed by atoms with Crippen molar-refractivity contribution < 1.29 is 4.79 Å². The number of aryl methyl sites for hydroxylation is 1. The summed E-state index contributed by atoms with van der Waals surface area (Å²) in [5.41, 5.74) is 5.84. The van der Waals surface area contributed by atoms with Gasteiger partial charge >= 0.3 is 0 Å². The SMILES string of the molecule is Cc1cc(C#N)nc(NCC(N)=O)n1. The fourth-order valence-corrected chi connectivity index (χ4v) is 0.871. The zero-order valence-corrected chi connectivity index (χ0v) is 7.61. The van der Waals surface area contributed by atoms with Crippen LogP contribution in [0, 0.1) is 18.3 Å². The van der Waals surface area contributed by atoms with Crippen LogP contribution in [-0.4, -0.2) is 22.4 Å². The highest BCUT2D eigenvalue weighted by atomic mass is 16.1. The summed E-state index contributed by atoms with van der Waals surface area (Å²) in [5.74, 6) is -0.269. The molecule has 1 aromatic rings. The van der Waals surface area contributed by atoms with E-state index in [9.17, 15) is 4.79 Å². The first-order valence-corrected chi connectivity index (χ1v) is 3.90. The number of hydrogen-bond donors (Lipinski definition) is 2. The number of anilines is 1. The molecular formula is C8H9N5O. The number of nitrogens with zero attached hydrogens (tertiary/aromatic N) is 3. The Morgan fingerprint density at radius 1 is 1.71 bits per heavy atom. The van der Waals surface area contributed by atoms with E-state index < -0.39 is 5.91 Å². The van der Waals surface area contributed by atoms with Crippen molar-refractivity contribution in [3.8, 4) is 6.07 Å². The van der Waals surface area contributed by atoms with Gasteiger partial charge in [0, 0.05) is 5.69 Å². The Labute approximate surface area is 80.8 Å². The number of nitriles is 1. The van der Waals surface area contributed by atoms with Crippen molar-refractivity contribution in [1.82, 2.24) is 9.97 Å². The van der Waals surface area contributed by atoms with E-state index in [0.29, 0.717) is 5.69 Å². The van der Waals surface area contributed by atoms with Gasteiger partial charge in [0.05, 0.1) is 6.54 Å². The van der Waals surface area contributed by atoms with Crippen LogP contribution >= 0.6 is 0 Å². The monoisotopic (exact) mass is 191 g/mol. The molecule has 0 aromatic carbocycles. The molecule has 6 nitrogen and oxygen atoms in total. The van der Waals surface area contributed by atoms with Crippen LogP contribution in [0.25, 0.3) is 0 Å². The summed E-state index contributed by atoms with van der Waals surface area (Å²) in [6.45, 7) is 1.69. The molecule has 0 spiro atoms.